The fourth-order valence-electron chi connectivity index (χ4n) is 3.33. The van der Waals surface area contributed by atoms with Crippen LogP contribution >= 0.6 is 24.0 Å². The number of ether oxygens (including phenoxy) is 2. The third-order valence-corrected chi connectivity index (χ3v) is 4.81. The van der Waals surface area contributed by atoms with Crippen molar-refractivity contribution in [3.05, 3.63) is 29.8 Å². The van der Waals surface area contributed by atoms with E-state index in [2.05, 4.69) is 39.6 Å². The van der Waals surface area contributed by atoms with Crippen LogP contribution in [0.1, 0.15) is 38.2 Å². The molecule has 160 valence electrons. The molecule has 0 amide bonds. The molecule has 2 N–H and O–H groups in total. The number of piperidine rings is 1. The van der Waals surface area contributed by atoms with Gasteiger partial charge in [0.25, 0.3) is 0 Å². The zero-order valence-corrected chi connectivity index (χ0v) is 19.9. The first-order valence-corrected chi connectivity index (χ1v) is 10.1. The van der Waals surface area contributed by atoms with Crippen molar-refractivity contribution in [2.75, 3.05) is 47.0 Å². The minimum absolute atomic E-state index is 0. The maximum atomic E-state index is 5.77. The molecule has 0 atom stereocenters. The molecule has 28 heavy (non-hydrogen) atoms. The lowest BCUT2D eigenvalue weighted by atomic mass is 10.1. The largest absolute Gasteiger partial charge is 0.493 e. The molecule has 0 aromatic heterocycles. The lowest BCUT2D eigenvalue weighted by molar-refractivity contribution is 0.172. The van der Waals surface area contributed by atoms with Crippen molar-refractivity contribution in [3.63, 3.8) is 0 Å². The van der Waals surface area contributed by atoms with Crippen LogP contribution in [-0.2, 0) is 11.3 Å². The van der Waals surface area contributed by atoms with E-state index in [1.165, 1.54) is 44.5 Å². The normalized spacial score (nSPS) is 15.8. The summed E-state index contributed by atoms with van der Waals surface area (Å²) in [7, 11) is 3.54. The number of hydrogen-bond acceptors (Lipinski definition) is 4. The Balaban J connectivity index is 0.00000392. The average molecular weight is 504 g/mol. The first-order valence-electron chi connectivity index (χ1n) is 10.1. The van der Waals surface area contributed by atoms with Crippen LogP contribution in [-0.4, -0.2) is 63.9 Å². The minimum Gasteiger partial charge on any atom is -0.493 e. The van der Waals surface area contributed by atoms with Gasteiger partial charge in [-0.05, 0) is 43.5 Å². The van der Waals surface area contributed by atoms with E-state index < -0.39 is 0 Å². The van der Waals surface area contributed by atoms with Crippen LogP contribution in [0.15, 0.2) is 29.3 Å². The number of benzene rings is 1. The summed E-state index contributed by atoms with van der Waals surface area (Å²) in [6, 6.07) is 8.71. The molecule has 0 spiro atoms. The quantitative estimate of drug-likeness (QED) is 0.222. The van der Waals surface area contributed by atoms with Gasteiger partial charge in [-0.3, -0.25) is 4.99 Å². The van der Waals surface area contributed by atoms with Gasteiger partial charge in [0.15, 0.2) is 5.96 Å². The number of nitrogens with zero attached hydrogens (tertiary/aromatic N) is 2. The Morgan fingerprint density at radius 2 is 2.04 bits per heavy atom. The van der Waals surface area contributed by atoms with Crippen LogP contribution in [0.4, 0.5) is 0 Å². The van der Waals surface area contributed by atoms with E-state index in [1.807, 2.05) is 19.2 Å². The molecule has 1 saturated heterocycles. The fourth-order valence-corrected chi connectivity index (χ4v) is 3.33. The number of nitrogens with one attached hydrogen (secondary N) is 2. The average Bonchev–Trinajstić information content (AvgIpc) is 2.70. The standard InChI is InChI=1S/C21H36N4O2.HI/c1-4-11-25-12-9-19(10-13-25)24-21(22-2)23-17-18-7-5-8-20(16-18)27-15-6-14-26-3;/h5,7-8,16,19H,4,6,9-15,17H2,1-3H3,(H2,22,23,24);1H. The van der Waals surface area contributed by atoms with Crippen molar-refractivity contribution < 1.29 is 9.47 Å². The summed E-state index contributed by atoms with van der Waals surface area (Å²) in [4.78, 5) is 6.93. The van der Waals surface area contributed by atoms with Gasteiger partial charge in [-0.25, -0.2) is 0 Å². The van der Waals surface area contributed by atoms with Gasteiger partial charge >= 0.3 is 0 Å². The summed E-state index contributed by atoms with van der Waals surface area (Å²) in [5.74, 6) is 1.77. The van der Waals surface area contributed by atoms with E-state index in [-0.39, 0.29) is 24.0 Å². The first kappa shape index (κ1) is 25.0. The van der Waals surface area contributed by atoms with E-state index in [0.717, 1.165) is 31.3 Å². The van der Waals surface area contributed by atoms with Crippen LogP contribution in [0.5, 0.6) is 5.75 Å². The number of methoxy groups -OCH3 is 1. The molecule has 0 unspecified atom stereocenters. The summed E-state index contributed by atoms with van der Waals surface area (Å²) in [6.07, 6.45) is 4.47. The van der Waals surface area contributed by atoms with Gasteiger partial charge in [-0.1, -0.05) is 19.1 Å². The van der Waals surface area contributed by atoms with Crippen molar-refractivity contribution in [2.45, 2.75) is 45.2 Å². The van der Waals surface area contributed by atoms with Crippen molar-refractivity contribution in [1.29, 1.82) is 0 Å². The smallest absolute Gasteiger partial charge is 0.191 e. The number of halogens is 1. The van der Waals surface area contributed by atoms with E-state index in [9.17, 15) is 0 Å². The minimum atomic E-state index is 0. The lowest BCUT2D eigenvalue weighted by Gasteiger charge is -2.32. The van der Waals surface area contributed by atoms with Crippen LogP contribution in [0.25, 0.3) is 0 Å². The van der Waals surface area contributed by atoms with E-state index in [0.29, 0.717) is 12.6 Å². The van der Waals surface area contributed by atoms with Crippen LogP contribution in [0.2, 0.25) is 0 Å². The molecule has 0 bridgehead atoms. The molecule has 0 saturated carbocycles. The van der Waals surface area contributed by atoms with Crippen LogP contribution < -0.4 is 15.4 Å². The zero-order valence-electron chi connectivity index (χ0n) is 17.6. The van der Waals surface area contributed by atoms with E-state index in [4.69, 9.17) is 9.47 Å². The Hall–Kier alpha value is -1.06. The molecule has 1 aliphatic heterocycles. The molecule has 6 nitrogen and oxygen atoms in total. The molecule has 0 aliphatic carbocycles. The molecule has 1 aliphatic rings. The molecular formula is C21H37IN4O2. The molecule has 7 heteroatoms. The van der Waals surface area contributed by atoms with Gasteiger partial charge < -0.3 is 25.0 Å². The monoisotopic (exact) mass is 504 g/mol. The number of hydrogen-bond donors (Lipinski definition) is 2. The Kier molecular flexibility index (Phi) is 13.3. The Bertz CT molecular complexity index is 563. The van der Waals surface area contributed by atoms with Crippen molar-refractivity contribution in [2.24, 2.45) is 4.99 Å². The maximum absolute atomic E-state index is 5.77. The summed E-state index contributed by atoms with van der Waals surface area (Å²) in [5, 5.41) is 6.99. The third kappa shape index (κ3) is 9.43. The molecule has 0 radical (unpaired) electrons. The van der Waals surface area contributed by atoms with Crippen LogP contribution in [0.3, 0.4) is 0 Å². The maximum Gasteiger partial charge on any atom is 0.191 e. The van der Waals surface area contributed by atoms with E-state index in [1.54, 1.807) is 7.11 Å². The Morgan fingerprint density at radius 1 is 1.25 bits per heavy atom. The van der Waals surface area contributed by atoms with Crippen molar-refractivity contribution >= 4 is 29.9 Å². The lowest BCUT2D eigenvalue weighted by Crippen LogP contribution is -2.48. The molecule has 1 aromatic rings. The second-order valence-electron chi connectivity index (χ2n) is 7.03. The van der Waals surface area contributed by atoms with Gasteiger partial charge in [0.05, 0.1) is 6.61 Å². The van der Waals surface area contributed by atoms with Gasteiger partial charge in [0.2, 0.25) is 0 Å². The number of likely N-dealkylation sites (tertiary alicyclic amines) is 1. The van der Waals surface area contributed by atoms with Crippen LogP contribution in [0, 0.1) is 0 Å². The Morgan fingerprint density at radius 3 is 2.71 bits per heavy atom. The Labute approximate surface area is 187 Å². The first-order chi connectivity index (χ1) is 13.2. The summed E-state index contributed by atoms with van der Waals surface area (Å²) >= 11 is 0. The topological polar surface area (TPSA) is 58.1 Å². The summed E-state index contributed by atoms with van der Waals surface area (Å²) in [5.41, 5.74) is 1.18. The highest BCUT2D eigenvalue weighted by atomic mass is 127. The zero-order chi connectivity index (χ0) is 19.3. The summed E-state index contributed by atoms with van der Waals surface area (Å²) < 4.78 is 10.8. The molecule has 1 heterocycles. The highest BCUT2D eigenvalue weighted by molar-refractivity contribution is 14.0. The van der Waals surface area contributed by atoms with Crippen molar-refractivity contribution in [3.8, 4) is 5.75 Å². The molecule has 2 rings (SSSR count). The van der Waals surface area contributed by atoms with E-state index >= 15 is 0 Å². The number of rotatable bonds is 10. The summed E-state index contributed by atoms with van der Waals surface area (Å²) in [6.45, 7) is 7.92. The number of guanidine groups is 1. The van der Waals surface area contributed by atoms with Gasteiger partial charge in [0.1, 0.15) is 5.75 Å². The number of aliphatic imine (C=N–C) groups is 1. The predicted molar refractivity (Wildman–Crippen MR) is 127 cm³/mol. The SMILES string of the molecule is CCCN1CCC(NC(=NC)NCc2cccc(OCCCOC)c2)CC1.I. The molecular weight excluding hydrogens is 467 g/mol. The highest BCUT2D eigenvalue weighted by Gasteiger charge is 2.19. The second-order valence-corrected chi connectivity index (χ2v) is 7.03. The van der Waals surface area contributed by atoms with Crippen molar-refractivity contribution in [1.82, 2.24) is 15.5 Å². The highest BCUT2D eigenvalue weighted by Crippen LogP contribution is 2.14. The predicted octanol–water partition coefficient (Wildman–Crippen LogP) is 3.26. The van der Waals surface area contributed by atoms with Gasteiger partial charge in [0, 0.05) is 52.9 Å². The molecule has 1 fully saturated rings. The second kappa shape index (κ2) is 14.9. The van der Waals surface area contributed by atoms with Gasteiger partial charge in [-0.15, -0.1) is 24.0 Å². The van der Waals surface area contributed by atoms with Gasteiger partial charge in [-0.2, -0.15) is 0 Å². The molecule has 1 aromatic carbocycles. The fraction of sp³-hybridized carbons (Fsp3) is 0.667. The third-order valence-electron chi connectivity index (χ3n) is 4.81.